The standard InChI is InChI=1S/C9H20N2O2S/c1-3-9(10,4-2)8-11-6-5-7-14(11,12)13/h3-8,10H2,1-2H3. The van der Waals surface area contributed by atoms with Gasteiger partial charge in [-0.25, -0.2) is 12.7 Å². The first kappa shape index (κ1) is 11.9. The minimum Gasteiger partial charge on any atom is -0.324 e. The number of hydrogen-bond donors (Lipinski definition) is 1. The molecule has 0 aliphatic carbocycles. The summed E-state index contributed by atoms with van der Waals surface area (Å²) in [6.07, 6.45) is 2.37. The van der Waals surface area contributed by atoms with Crippen LogP contribution in [0.1, 0.15) is 33.1 Å². The van der Waals surface area contributed by atoms with Crippen LogP contribution in [-0.4, -0.2) is 37.1 Å². The van der Waals surface area contributed by atoms with Gasteiger partial charge in [-0.05, 0) is 19.3 Å². The normalized spacial score (nSPS) is 22.8. The van der Waals surface area contributed by atoms with E-state index in [4.69, 9.17) is 5.73 Å². The van der Waals surface area contributed by atoms with E-state index in [9.17, 15) is 8.42 Å². The van der Waals surface area contributed by atoms with Crippen LogP contribution >= 0.6 is 0 Å². The van der Waals surface area contributed by atoms with E-state index in [-0.39, 0.29) is 11.3 Å². The highest BCUT2D eigenvalue weighted by atomic mass is 32.2. The largest absolute Gasteiger partial charge is 0.324 e. The van der Waals surface area contributed by atoms with E-state index in [0.29, 0.717) is 13.1 Å². The molecule has 5 heteroatoms. The molecule has 0 bridgehead atoms. The molecule has 0 radical (unpaired) electrons. The highest BCUT2D eigenvalue weighted by Gasteiger charge is 2.33. The lowest BCUT2D eigenvalue weighted by atomic mass is 9.94. The maximum absolute atomic E-state index is 11.5. The van der Waals surface area contributed by atoms with Crippen molar-refractivity contribution in [3.8, 4) is 0 Å². The van der Waals surface area contributed by atoms with Gasteiger partial charge in [-0.3, -0.25) is 0 Å². The summed E-state index contributed by atoms with van der Waals surface area (Å²) in [6, 6.07) is 0. The van der Waals surface area contributed by atoms with E-state index >= 15 is 0 Å². The van der Waals surface area contributed by atoms with Crippen LogP contribution in [0.3, 0.4) is 0 Å². The predicted molar refractivity (Wildman–Crippen MR) is 57.5 cm³/mol. The Kier molecular flexibility index (Phi) is 3.55. The molecule has 0 unspecified atom stereocenters. The van der Waals surface area contributed by atoms with Crippen LogP contribution in [-0.2, 0) is 10.0 Å². The Morgan fingerprint density at radius 2 is 1.93 bits per heavy atom. The van der Waals surface area contributed by atoms with E-state index in [1.54, 1.807) is 4.31 Å². The quantitative estimate of drug-likeness (QED) is 0.752. The van der Waals surface area contributed by atoms with Gasteiger partial charge < -0.3 is 5.73 Å². The van der Waals surface area contributed by atoms with Crippen molar-refractivity contribution in [3.63, 3.8) is 0 Å². The second-order valence-corrected chi connectivity index (χ2v) is 6.16. The third-order valence-corrected chi connectivity index (χ3v) is 5.01. The molecular weight excluding hydrogens is 200 g/mol. The molecule has 0 spiro atoms. The minimum absolute atomic E-state index is 0.288. The zero-order valence-electron chi connectivity index (χ0n) is 8.99. The van der Waals surface area contributed by atoms with Gasteiger partial charge in [0.05, 0.1) is 5.75 Å². The summed E-state index contributed by atoms with van der Waals surface area (Å²) in [5.74, 6) is 0.288. The fraction of sp³-hybridized carbons (Fsp3) is 1.00. The minimum atomic E-state index is -2.99. The van der Waals surface area contributed by atoms with Crippen molar-refractivity contribution < 1.29 is 8.42 Å². The average molecular weight is 220 g/mol. The maximum atomic E-state index is 11.5. The molecule has 1 aliphatic rings. The molecule has 1 rings (SSSR count). The Labute approximate surface area is 86.5 Å². The molecule has 0 aromatic rings. The first-order valence-electron chi connectivity index (χ1n) is 5.20. The Hall–Kier alpha value is -0.130. The SMILES string of the molecule is CCC(N)(CC)CN1CCCS1(=O)=O. The molecule has 84 valence electrons. The Bertz CT molecular complexity index is 283. The molecule has 0 aromatic heterocycles. The van der Waals surface area contributed by atoms with Gasteiger partial charge in [0.25, 0.3) is 0 Å². The fourth-order valence-corrected chi connectivity index (χ4v) is 3.31. The predicted octanol–water partition coefficient (Wildman–Crippen LogP) is 0.539. The van der Waals surface area contributed by atoms with Gasteiger partial charge >= 0.3 is 0 Å². The highest BCUT2D eigenvalue weighted by molar-refractivity contribution is 7.89. The van der Waals surface area contributed by atoms with Crippen molar-refractivity contribution >= 4 is 10.0 Å². The van der Waals surface area contributed by atoms with Gasteiger partial charge in [0.1, 0.15) is 0 Å². The zero-order valence-corrected chi connectivity index (χ0v) is 9.81. The second-order valence-electron chi connectivity index (χ2n) is 4.07. The van der Waals surface area contributed by atoms with Gasteiger partial charge in [-0.2, -0.15) is 0 Å². The summed E-state index contributed by atoms with van der Waals surface area (Å²) in [5.41, 5.74) is 5.74. The Morgan fingerprint density at radius 3 is 2.29 bits per heavy atom. The van der Waals surface area contributed by atoms with Crippen molar-refractivity contribution in [2.75, 3.05) is 18.8 Å². The molecule has 1 aliphatic heterocycles. The van der Waals surface area contributed by atoms with Gasteiger partial charge in [-0.1, -0.05) is 13.8 Å². The molecule has 0 amide bonds. The fourth-order valence-electron chi connectivity index (χ4n) is 1.69. The first-order chi connectivity index (χ1) is 6.43. The third-order valence-electron chi connectivity index (χ3n) is 3.10. The van der Waals surface area contributed by atoms with Gasteiger partial charge in [0, 0.05) is 18.6 Å². The molecule has 1 heterocycles. The Balaban J connectivity index is 2.68. The van der Waals surface area contributed by atoms with Crippen molar-refractivity contribution in [1.29, 1.82) is 0 Å². The molecule has 14 heavy (non-hydrogen) atoms. The lowest BCUT2D eigenvalue weighted by Crippen LogP contribution is -2.49. The monoisotopic (exact) mass is 220 g/mol. The van der Waals surface area contributed by atoms with Gasteiger partial charge in [0.15, 0.2) is 0 Å². The lowest BCUT2D eigenvalue weighted by Gasteiger charge is -2.30. The molecule has 0 saturated carbocycles. The number of nitrogens with two attached hydrogens (primary N) is 1. The van der Waals surface area contributed by atoms with E-state index < -0.39 is 10.0 Å². The van der Waals surface area contributed by atoms with Gasteiger partial charge in [0.2, 0.25) is 10.0 Å². The van der Waals surface area contributed by atoms with Crippen molar-refractivity contribution in [2.45, 2.75) is 38.6 Å². The average Bonchev–Trinajstić information content (AvgIpc) is 2.46. The summed E-state index contributed by atoms with van der Waals surface area (Å²) < 4.78 is 24.6. The van der Waals surface area contributed by atoms with E-state index in [0.717, 1.165) is 19.3 Å². The van der Waals surface area contributed by atoms with E-state index in [1.807, 2.05) is 13.8 Å². The smallest absolute Gasteiger partial charge is 0.214 e. The number of sulfonamides is 1. The van der Waals surface area contributed by atoms with Crippen LogP contribution in [0.4, 0.5) is 0 Å². The van der Waals surface area contributed by atoms with Crippen LogP contribution in [0.5, 0.6) is 0 Å². The first-order valence-corrected chi connectivity index (χ1v) is 6.81. The van der Waals surface area contributed by atoms with Gasteiger partial charge in [-0.15, -0.1) is 0 Å². The summed E-state index contributed by atoms with van der Waals surface area (Å²) in [6.45, 7) is 5.13. The molecule has 1 saturated heterocycles. The highest BCUT2D eigenvalue weighted by Crippen LogP contribution is 2.20. The van der Waals surface area contributed by atoms with Crippen molar-refractivity contribution in [2.24, 2.45) is 5.73 Å². The molecule has 0 atom stereocenters. The molecule has 4 nitrogen and oxygen atoms in total. The van der Waals surface area contributed by atoms with E-state index in [1.165, 1.54) is 0 Å². The number of rotatable bonds is 4. The summed E-state index contributed by atoms with van der Waals surface area (Å²) in [7, 11) is -2.99. The Morgan fingerprint density at radius 1 is 1.36 bits per heavy atom. The molecule has 0 aromatic carbocycles. The summed E-state index contributed by atoms with van der Waals surface area (Å²) in [4.78, 5) is 0. The summed E-state index contributed by atoms with van der Waals surface area (Å²) >= 11 is 0. The van der Waals surface area contributed by atoms with Crippen LogP contribution in [0, 0.1) is 0 Å². The molecular formula is C9H20N2O2S. The van der Waals surface area contributed by atoms with Crippen molar-refractivity contribution in [3.05, 3.63) is 0 Å². The molecule has 1 fully saturated rings. The lowest BCUT2D eigenvalue weighted by molar-refractivity contribution is 0.297. The second kappa shape index (κ2) is 4.16. The van der Waals surface area contributed by atoms with Crippen LogP contribution < -0.4 is 5.73 Å². The van der Waals surface area contributed by atoms with E-state index in [2.05, 4.69) is 0 Å². The number of hydrogen-bond acceptors (Lipinski definition) is 3. The van der Waals surface area contributed by atoms with Crippen LogP contribution in [0.25, 0.3) is 0 Å². The van der Waals surface area contributed by atoms with Crippen LogP contribution in [0.15, 0.2) is 0 Å². The molecule has 2 N–H and O–H groups in total. The topological polar surface area (TPSA) is 63.4 Å². The summed E-state index contributed by atoms with van der Waals surface area (Å²) in [5, 5.41) is 0. The maximum Gasteiger partial charge on any atom is 0.214 e. The van der Waals surface area contributed by atoms with Crippen molar-refractivity contribution in [1.82, 2.24) is 4.31 Å². The zero-order chi connectivity index (χ0) is 10.8. The van der Waals surface area contributed by atoms with Crippen LogP contribution in [0.2, 0.25) is 0 Å². The third kappa shape index (κ3) is 2.46. The number of nitrogens with zero attached hydrogens (tertiary/aromatic N) is 1.